The number of rotatable bonds is 4. The van der Waals surface area contributed by atoms with Gasteiger partial charge in [-0.25, -0.2) is 4.39 Å². The lowest BCUT2D eigenvalue weighted by molar-refractivity contribution is -0.385. The Bertz CT molecular complexity index is 790. The third kappa shape index (κ3) is 4.35. The van der Waals surface area contributed by atoms with Gasteiger partial charge in [-0.1, -0.05) is 12.1 Å². The van der Waals surface area contributed by atoms with E-state index in [1.807, 2.05) is 0 Å². The Kier molecular flexibility index (Phi) is 5.20. The lowest BCUT2D eigenvalue weighted by atomic mass is 10.1. The summed E-state index contributed by atoms with van der Waals surface area (Å²) in [5.41, 5.74) is 5.48. The van der Waals surface area contributed by atoms with Crippen molar-refractivity contribution in [2.24, 2.45) is 0 Å². The van der Waals surface area contributed by atoms with E-state index in [2.05, 4.69) is 10.9 Å². The summed E-state index contributed by atoms with van der Waals surface area (Å²) in [5.74, 6) is -1.48. The van der Waals surface area contributed by atoms with Crippen LogP contribution in [0.5, 0.6) is 0 Å². The lowest BCUT2D eigenvalue weighted by Crippen LogP contribution is -2.42. The van der Waals surface area contributed by atoms with E-state index in [9.17, 15) is 24.1 Å². The van der Waals surface area contributed by atoms with E-state index in [0.717, 1.165) is 0 Å². The molecule has 0 aliphatic rings. The molecule has 0 saturated heterocycles. The predicted molar refractivity (Wildman–Crippen MR) is 83.5 cm³/mol. The van der Waals surface area contributed by atoms with E-state index in [4.69, 9.17) is 0 Å². The summed E-state index contributed by atoms with van der Waals surface area (Å²) < 4.78 is 12.8. The SMILES string of the molecule is Cc1cc(C(=O)NNC(=O)Cc2ccc(F)cc2)ccc1[N+](=O)[O-]. The van der Waals surface area contributed by atoms with Crippen LogP contribution >= 0.6 is 0 Å². The van der Waals surface area contributed by atoms with Crippen LogP contribution < -0.4 is 10.9 Å². The first-order chi connectivity index (χ1) is 11.4. The molecule has 0 bridgehead atoms. The van der Waals surface area contributed by atoms with Gasteiger partial charge in [0.15, 0.2) is 0 Å². The van der Waals surface area contributed by atoms with Gasteiger partial charge >= 0.3 is 0 Å². The van der Waals surface area contributed by atoms with Gasteiger partial charge in [0.1, 0.15) is 5.82 Å². The lowest BCUT2D eigenvalue weighted by Gasteiger charge is -2.08. The van der Waals surface area contributed by atoms with Crippen LogP contribution in [0, 0.1) is 22.9 Å². The van der Waals surface area contributed by atoms with E-state index < -0.39 is 22.6 Å². The molecule has 0 aliphatic heterocycles. The van der Waals surface area contributed by atoms with Crippen molar-refractivity contribution in [3.63, 3.8) is 0 Å². The second kappa shape index (κ2) is 7.32. The number of benzene rings is 2. The van der Waals surface area contributed by atoms with Crippen molar-refractivity contribution in [3.05, 3.63) is 75.1 Å². The fourth-order valence-electron chi connectivity index (χ4n) is 2.03. The topological polar surface area (TPSA) is 101 Å². The van der Waals surface area contributed by atoms with Crippen molar-refractivity contribution in [2.45, 2.75) is 13.3 Å². The van der Waals surface area contributed by atoms with Crippen LogP contribution in [0.15, 0.2) is 42.5 Å². The molecular formula is C16H14FN3O4. The van der Waals surface area contributed by atoms with E-state index >= 15 is 0 Å². The third-order valence-corrected chi connectivity index (χ3v) is 3.25. The van der Waals surface area contributed by atoms with Gasteiger partial charge in [-0.05, 0) is 36.8 Å². The van der Waals surface area contributed by atoms with E-state index in [0.29, 0.717) is 11.1 Å². The van der Waals surface area contributed by atoms with Gasteiger partial charge in [0.25, 0.3) is 11.6 Å². The van der Waals surface area contributed by atoms with Crippen LogP contribution in [0.4, 0.5) is 10.1 Å². The number of hydrogen-bond donors (Lipinski definition) is 2. The Balaban J connectivity index is 1.92. The fraction of sp³-hybridized carbons (Fsp3) is 0.125. The summed E-state index contributed by atoms with van der Waals surface area (Å²) in [6.07, 6.45) is -0.0279. The Hall–Kier alpha value is -3.29. The van der Waals surface area contributed by atoms with Gasteiger partial charge in [-0.2, -0.15) is 0 Å². The number of nitro benzene ring substituents is 1. The monoisotopic (exact) mass is 331 g/mol. The van der Waals surface area contributed by atoms with Crippen molar-refractivity contribution < 1.29 is 18.9 Å². The number of hydrazine groups is 1. The molecule has 2 rings (SSSR count). The molecule has 0 radical (unpaired) electrons. The van der Waals surface area contributed by atoms with Gasteiger partial charge in [-0.3, -0.25) is 30.6 Å². The maximum Gasteiger partial charge on any atom is 0.272 e. The normalized spacial score (nSPS) is 10.1. The van der Waals surface area contributed by atoms with Crippen molar-refractivity contribution in [1.29, 1.82) is 0 Å². The molecule has 0 aliphatic carbocycles. The molecular weight excluding hydrogens is 317 g/mol. The molecule has 7 nitrogen and oxygen atoms in total. The third-order valence-electron chi connectivity index (χ3n) is 3.25. The number of nitrogens with zero attached hydrogens (tertiary/aromatic N) is 1. The summed E-state index contributed by atoms with van der Waals surface area (Å²) >= 11 is 0. The molecule has 0 saturated carbocycles. The average Bonchev–Trinajstić information content (AvgIpc) is 2.54. The van der Waals surface area contributed by atoms with Crippen LogP contribution in [-0.4, -0.2) is 16.7 Å². The number of nitrogens with one attached hydrogen (secondary N) is 2. The van der Waals surface area contributed by atoms with Crippen molar-refractivity contribution in [3.8, 4) is 0 Å². The first kappa shape index (κ1) is 17.1. The van der Waals surface area contributed by atoms with Crippen molar-refractivity contribution >= 4 is 17.5 Å². The first-order valence-electron chi connectivity index (χ1n) is 6.95. The molecule has 0 atom stereocenters. The largest absolute Gasteiger partial charge is 0.273 e. The van der Waals surface area contributed by atoms with Gasteiger partial charge < -0.3 is 0 Å². The van der Waals surface area contributed by atoms with Crippen LogP contribution in [0.1, 0.15) is 21.5 Å². The number of halogens is 1. The summed E-state index contributed by atoms with van der Waals surface area (Å²) in [5, 5.41) is 10.7. The maximum atomic E-state index is 12.8. The highest BCUT2D eigenvalue weighted by Crippen LogP contribution is 2.18. The zero-order valence-electron chi connectivity index (χ0n) is 12.7. The number of amides is 2. The number of nitro groups is 1. The highest BCUT2D eigenvalue weighted by Gasteiger charge is 2.14. The molecule has 0 aromatic heterocycles. The molecule has 0 spiro atoms. The minimum absolute atomic E-state index is 0.0279. The van der Waals surface area contributed by atoms with Crippen molar-refractivity contribution in [2.75, 3.05) is 0 Å². The standard InChI is InChI=1S/C16H14FN3O4/c1-10-8-12(4-7-14(10)20(23)24)16(22)19-18-15(21)9-11-2-5-13(17)6-3-11/h2-8H,9H2,1H3,(H,18,21)(H,19,22). The van der Waals surface area contributed by atoms with Crippen LogP contribution in [0.2, 0.25) is 0 Å². The molecule has 8 heteroatoms. The van der Waals surface area contributed by atoms with Gasteiger partial charge in [0.2, 0.25) is 5.91 Å². The summed E-state index contributed by atoms with van der Waals surface area (Å²) in [6.45, 7) is 1.52. The van der Waals surface area contributed by atoms with E-state index in [1.165, 1.54) is 49.4 Å². The highest BCUT2D eigenvalue weighted by molar-refractivity contribution is 5.96. The molecule has 2 amide bonds. The zero-order chi connectivity index (χ0) is 17.7. The molecule has 2 N–H and O–H groups in total. The van der Waals surface area contributed by atoms with Crippen LogP contribution in [0.3, 0.4) is 0 Å². The van der Waals surface area contributed by atoms with E-state index in [1.54, 1.807) is 0 Å². The zero-order valence-corrected chi connectivity index (χ0v) is 12.7. The summed E-state index contributed by atoms with van der Waals surface area (Å²) in [6, 6.07) is 9.30. The molecule has 2 aromatic rings. The van der Waals surface area contributed by atoms with Crippen LogP contribution in [0.25, 0.3) is 0 Å². The number of carbonyl (C=O) groups excluding carboxylic acids is 2. The second-order valence-corrected chi connectivity index (χ2v) is 5.06. The van der Waals surface area contributed by atoms with E-state index in [-0.39, 0.29) is 17.7 Å². The fourth-order valence-corrected chi connectivity index (χ4v) is 2.03. The molecule has 0 fully saturated rings. The minimum atomic E-state index is -0.597. The molecule has 124 valence electrons. The molecule has 24 heavy (non-hydrogen) atoms. The Labute approximate surface area is 136 Å². The highest BCUT2D eigenvalue weighted by atomic mass is 19.1. The number of hydrogen-bond acceptors (Lipinski definition) is 4. The summed E-state index contributed by atoms with van der Waals surface area (Å²) in [4.78, 5) is 33.9. The Morgan fingerprint density at radius 1 is 1.12 bits per heavy atom. The van der Waals surface area contributed by atoms with Crippen molar-refractivity contribution in [1.82, 2.24) is 10.9 Å². The molecule has 2 aromatic carbocycles. The number of carbonyl (C=O) groups is 2. The Morgan fingerprint density at radius 3 is 2.38 bits per heavy atom. The minimum Gasteiger partial charge on any atom is -0.273 e. The van der Waals surface area contributed by atoms with Crippen LogP contribution in [-0.2, 0) is 11.2 Å². The first-order valence-corrected chi connectivity index (χ1v) is 6.95. The average molecular weight is 331 g/mol. The van der Waals surface area contributed by atoms with Gasteiger partial charge in [-0.15, -0.1) is 0 Å². The predicted octanol–water partition coefficient (Wildman–Crippen LogP) is 2.05. The molecule has 0 unspecified atom stereocenters. The second-order valence-electron chi connectivity index (χ2n) is 5.06. The van der Waals surface area contributed by atoms with Gasteiger partial charge in [0, 0.05) is 17.2 Å². The quantitative estimate of drug-likeness (QED) is 0.661. The maximum absolute atomic E-state index is 12.8. The summed E-state index contributed by atoms with van der Waals surface area (Å²) in [7, 11) is 0. The van der Waals surface area contributed by atoms with Gasteiger partial charge in [0.05, 0.1) is 11.3 Å². The smallest absolute Gasteiger partial charge is 0.272 e. The Morgan fingerprint density at radius 2 is 1.79 bits per heavy atom. The number of aryl methyl sites for hydroxylation is 1. The molecule has 0 heterocycles.